The van der Waals surface area contributed by atoms with E-state index in [1.165, 1.54) is 17.0 Å². The topological polar surface area (TPSA) is 98.3 Å². The Labute approximate surface area is 225 Å². The number of aliphatic imine (C=N–C) groups is 1. The van der Waals surface area contributed by atoms with Crippen LogP contribution in [0.5, 0.6) is 0 Å². The monoisotopic (exact) mass is 528 g/mol. The van der Waals surface area contributed by atoms with Crippen LogP contribution in [0.1, 0.15) is 53.9 Å². The summed E-state index contributed by atoms with van der Waals surface area (Å²) in [5, 5.41) is 9.48. The molecule has 3 N–H and O–H groups in total. The highest BCUT2D eigenvalue weighted by Crippen LogP contribution is 2.17. The average Bonchev–Trinajstić information content (AvgIpc) is 2.85. The molecule has 1 aromatic carbocycles. The number of amides is 2. The summed E-state index contributed by atoms with van der Waals surface area (Å²) < 4.78 is 18.9. The van der Waals surface area contributed by atoms with Crippen LogP contribution in [-0.2, 0) is 9.53 Å². The van der Waals surface area contributed by atoms with E-state index in [1.807, 2.05) is 11.9 Å². The molecule has 1 aliphatic rings. The summed E-state index contributed by atoms with van der Waals surface area (Å²) in [6, 6.07) is 5.58. The number of benzene rings is 1. The smallest absolute Gasteiger partial charge is 0.410 e. The Balaban J connectivity index is 1.91. The van der Waals surface area contributed by atoms with Crippen LogP contribution in [0.4, 0.5) is 14.9 Å². The number of carbonyl (C=O) groups is 2. The van der Waals surface area contributed by atoms with Gasteiger partial charge < -0.3 is 20.3 Å². The van der Waals surface area contributed by atoms with Crippen molar-refractivity contribution in [3.63, 3.8) is 0 Å². The number of anilines is 1. The zero-order valence-electron chi connectivity index (χ0n) is 23.5. The molecule has 10 heteroatoms. The van der Waals surface area contributed by atoms with Gasteiger partial charge in [-0.3, -0.25) is 15.0 Å². The fourth-order valence-electron chi connectivity index (χ4n) is 3.44. The average molecular weight is 529 g/mol. The third kappa shape index (κ3) is 9.71. The molecule has 1 heterocycles. The van der Waals surface area contributed by atoms with Gasteiger partial charge in [-0.15, -0.1) is 0 Å². The van der Waals surface area contributed by atoms with E-state index >= 15 is 0 Å². The number of carbonyl (C=O) groups excluding carboxylic acids is 2. The minimum atomic E-state index is -0.655. The summed E-state index contributed by atoms with van der Waals surface area (Å²) in [6.45, 7) is 10.3. The predicted molar refractivity (Wildman–Crippen MR) is 149 cm³/mol. The van der Waals surface area contributed by atoms with E-state index in [2.05, 4.69) is 39.7 Å². The van der Waals surface area contributed by atoms with Gasteiger partial charge in [-0.1, -0.05) is 24.8 Å². The highest BCUT2D eigenvalue weighted by molar-refractivity contribution is 5.95. The maximum Gasteiger partial charge on any atom is 0.410 e. The lowest BCUT2D eigenvalue weighted by atomic mass is 10.1. The number of likely N-dealkylation sites (N-methyl/N-ethyl adjacent to an activating group) is 2. The zero-order chi connectivity index (χ0) is 28.3. The molecule has 2 rings (SSSR count). The van der Waals surface area contributed by atoms with Gasteiger partial charge in [-0.2, -0.15) is 0 Å². The van der Waals surface area contributed by atoms with E-state index in [0.717, 1.165) is 18.5 Å². The van der Waals surface area contributed by atoms with Gasteiger partial charge in [0.05, 0.1) is 5.57 Å². The SMILES string of the molecule is CCCNC1C(C#CCCCNC(=O)[C@H](C)N(C)C(=O)OC(C)(C)C)=CN=C(Nc2cccc(F)c2)N1C. The normalized spacial score (nSPS) is 15.9. The molecule has 2 amide bonds. The van der Waals surface area contributed by atoms with Crippen molar-refractivity contribution in [3.05, 3.63) is 41.9 Å². The van der Waals surface area contributed by atoms with Crippen LogP contribution in [0.3, 0.4) is 0 Å². The van der Waals surface area contributed by atoms with Gasteiger partial charge in [0.15, 0.2) is 0 Å². The van der Waals surface area contributed by atoms with Gasteiger partial charge in [0.2, 0.25) is 11.9 Å². The fraction of sp³-hybridized carbons (Fsp3) is 0.536. The van der Waals surface area contributed by atoms with E-state index < -0.39 is 17.7 Å². The molecular formula is C28H41FN6O3. The van der Waals surface area contributed by atoms with Gasteiger partial charge >= 0.3 is 6.09 Å². The first-order valence-electron chi connectivity index (χ1n) is 12.9. The molecule has 208 valence electrons. The minimum Gasteiger partial charge on any atom is -0.444 e. The van der Waals surface area contributed by atoms with Crippen molar-refractivity contribution in [2.24, 2.45) is 4.99 Å². The van der Waals surface area contributed by atoms with Crippen LogP contribution in [0.15, 0.2) is 41.0 Å². The number of nitrogens with one attached hydrogen (secondary N) is 3. The molecule has 9 nitrogen and oxygen atoms in total. The van der Waals surface area contributed by atoms with Crippen molar-refractivity contribution in [1.82, 2.24) is 20.4 Å². The first-order chi connectivity index (χ1) is 17.9. The first kappa shape index (κ1) is 30.6. The van der Waals surface area contributed by atoms with Crippen molar-refractivity contribution >= 4 is 23.6 Å². The van der Waals surface area contributed by atoms with Crippen molar-refractivity contribution in [1.29, 1.82) is 0 Å². The number of nitrogens with zero attached hydrogens (tertiary/aromatic N) is 3. The lowest BCUT2D eigenvalue weighted by Gasteiger charge is -2.34. The highest BCUT2D eigenvalue weighted by Gasteiger charge is 2.27. The first-order valence-corrected chi connectivity index (χ1v) is 12.9. The molecule has 2 atom stereocenters. The summed E-state index contributed by atoms with van der Waals surface area (Å²) >= 11 is 0. The summed E-state index contributed by atoms with van der Waals surface area (Å²) in [5.74, 6) is 6.38. The van der Waals surface area contributed by atoms with Gasteiger partial charge in [0, 0.05) is 38.9 Å². The van der Waals surface area contributed by atoms with Gasteiger partial charge in [0.1, 0.15) is 23.6 Å². The van der Waals surface area contributed by atoms with Gasteiger partial charge in [-0.25, -0.2) is 14.2 Å². The number of hydrogen-bond donors (Lipinski definition) is 3. The van der Waals surface area contributed by atoms with E-state index in [0.29, 0.717) is 31.0 Å². The number of ether oxygens (including phenoxy) is 1. The van der Waals surface area contributed by atoms with E-state index in [9.17, 15) is 14.0 Å². The Bertz CT molecular complexity index is 1090. The molecule has 1 aromatic rings. The van der Waals surface area contributed by atoms with Crippen molar-refractivity contribution in [2.75, 3.05) is 32.5 Å². The summed E-state index contributed by atoms with van der Waals surface area (Å²) in [4.78, 5) is 32.3. The second-order valence-electron chi connectivity index (χ2n) is 10.1. The van der Waals surface area contributed by atoms with Crippen LogP contribution in [0.25, 0.3) is 0 Å². The summed E-state index contributed by atoms with van der Waals surface area (Å²) in [6.07, 6.45) is 3.19. The number of guanidine groups is 1. The molecule has 0 spiro atoms. The summed E-state index contributed by atoms with van der Waals surface area (Å²) in [7, 11) is 3.45. The minimum absolute atomic E-state index is 0.181. The van der Waals surface area contributed by atoms with Gasteiger partial charge in [-0.05, 0) is 65.3 Å². The third-order valence-corrected chi connectivity index (χ3v) is 5.66. The number of halogens is 1. The predicted octanol–water partition coefficient (Wildman–Crippen LogP) is 3.90. The third-order valence-electron chi connectivity index (χ3n) is 5.66. The van der Waals surface area contributed by atoms with Crippen LogP contribution in [0.2, 0.25) is 0 Å². The van der Waals surface area contributed by atoms with Crippen molar-refractivity contribution < 1.29 is 18.7 Å². The maximum atomic E-state index is 13.6. The molecule has 1 unspecified atom stereocenters. The zero-order valence-corrected chi connectivity index (χ0v) is 23.5. The molecule has 0 aromatic heterocycles. The molecule has 0 saturated heterocycles. The van der Waals surface area contributed by atoms with Crippen LogP contribution >= 0.6 is 0 Å². The largest absolute Gasteiger partial charge is 0.444 e. The number of unbranched alkanes of at least 4 members (excludes halogenated alkanes) is 1. The molecule has 0 saturated carbocycles. The van der Waals surface area contributed by atoms with Crippen LogP contribution in [0, 0.1) is 17.7 Å². The number of rotatable bonds is 9. The van der Waals surface area contributed by atoms with E-state index in [1.54, 1.807) is 53.1 Å². The van der Waals surface area contributed by atoms with Crippen LogP contribution < -0.4 is 16.0 Å². The lowest BCUT2D eigenvalue weighted by molar-refractivity contribution is -0.125. The molecule has 1 aliphatic heterocycles. The van der Waals surface area contributed by atoms with Crippen LogP contribution in [-0.4, -0.2) is 72.8 Å². The Morgan fingerprint density at radius 2 is 2.03 bits per heavy atom. The molecule has 38 heavy (non-hydrogen) atoms. The Hall–Kier alpha value is -3.58. The van der Waals surface area contributed by atoms with Crippen molar-refractivity contribution in [3.8, 4) is 11.8 Å². The number of hydrogen-bond acceptors (Lipinski definition) is 7. The lowest BCUT2D eigenvalue weighted by Crippen LogP contribution is -2.51. The molecule has 0 fully saturated rings. The fourth-order valence-corrected chi connectivity index (χ4v) is 3.44. The molecule has 0 bridgehead atoms. The quantitative estimate of drug-likeness (QED) is 0.332. The van der Waals surface area contributed by atoms with Crippen molar-refractivity contribution in [2.45, 2.75) is 71.7 Å². The molecular weight excluding hydrogens is 487 g/mol. The second-order valence-corrected chi connectivity index (χ2v) is 10.1. The highest BCUT2D eigenvalue weighted by atomic mass is 19.1. The standard InChI is InChI=1S/C28H41FN6O3/c1-8-16-30-24-21(19-32-26(35(24)7)33-23-15-12-14-22(29)18-23)13-10-9-11-17-31-25(36)20(2)34(6)27(37)38-28(3,4)5/h12,14-15,18-20,24,30H,8-9,11,16-17H2,1-7H3,(H,31,36)(H,32,33)/t20-,24?/m0/s1. The molecule has 0 radical (unpaired) electrons. The molecule has 0 aliphatic carbocycles. The Morgan fingerprint density at radius 3 is 2.68 bits per heavy atom. The summed E-state index contributed by atoms with van der Waals surface area (Å²) in [5.41, 5.74) is 0.808. The maximum absolute atomic E-state index is 13.6. The van der Waals surface area contributed by atoms with E-state index in [-0.39, 0.29) is 17.9 Å². The van der Waals surface area contributed by atoms with Gasteiger partial charge in [0.25, 0.3) is 0 Å². The van der Waals surface area contributed by atoms with E-state index in [4.69, 9.17) is 4.74 Å². The Kier molecular flexibility index (Phi) is 11.6. The Morgan fingerprint density at radius 1 is 1.29 bits per heavy atom. The second kappa shape index (κ2) is 14.4.